The number of likely N-dealkylation sites (tertiary alicyclic amines) is 1. The molecular formula is C21H31N3O5S. The fraction of sp³-hybridized carbons (Fsp3) is 0.619. The molecule has 9 heteroatoms. The standard InChI is InChI=1S/C21H31N3O5S/c1-29-15-11-22-30(27,28)18-6-7-19-17(16-18)10-14-24(19)21(26)9-8-20(25)23-12-4-2-3-5-13-23/h6-7,16,22H,2-5,8-15H2,1H3. The van der Waals surface area contributed by atoms with Gasteiger partial charge in [0.15, 0.2) is 0 Å². The third kappa shape index (κ3) is 5.59. The van der Waals surface area contributed by atoms with Gasteiger partial charge in [0.1, 0.15) is 0 Å². The van der Waals surface area contributed by atoms with Crippen LogP contribution in [0, 0.1) is 0 Å². The van der Waals surface area contributed by atoms with Gasteiger partial charge in [-0.2, -0.15) is 0 Å². The van der Waals surface area contributed by atoms with Gasteiger partial charge in [-0.05, 0) is 43.0 Å². The highest BCUT2D eigenvalue weighted by atomic mass is 32.2. The molecule has 0 bridgehead atoms. The summed E-state index contributed by atoms with van der Waals surface area (Å²) in [6, 6.07) is 4.82. The lowest BCUT2D eigenvalue weighted by atomic mass is 10.2. The number of hydrogen-bond donors (Lipinski definition) is 1. The number of hydrogen-bond acceptors (Lipinski definition) is 5. The van der Waals surface area contributed by atoms with Crippen LogP contribution in [-0.2, 0) is 30.8 Å². The molecule has 0 saturated carbocycles. The van der Waals surface area contributed by atoms with Crippen LogP contribution in [0.3, 0.4) is 0 Å². The molecule has 1 saturated heterocycles. The molecule has 166 valence electrons. The minimum atomic E-state index is -3.61. The zero-order valence-corrected chi connectivity index (χ0v) is 18.4. The largest absolute Gasteiger partial charge is 0.383 e. The Morgan fingerprint density at radius 3 is 2.43 bits per heavy atom. The number of anilines is 1. The molecule has 3 rings (SSSR count). The fourth-order valence-corrected chi connectivity index (χ4v) is 5.06. The number of sulfonamides is 1. The minimum Gasteiger partial charge on any atom is -0.383 e. The number of nitrogens with one attached hydrogen (secondary N) is 1. The Morgan fingerprint density at radius 2 is 1.73 bits per heavy atom. The zero-order chi connectivity index (χ0) is 21.6. The Kier molecular flexibility index (Phi) is 7.85. The second kappa shape index (κ2) is 10.4. The van der Waals surface area contributed by atoms with Gasteiger partial charge in [0, 0.05) is 51.8 Å². The van der Waals surface area contributed by atoms with E-state index in [1.165, 1.54) is 13.2 Å². The number of amides is 2. The van der Waals surface area contributed by atoms with Gasteiger partial charge >= 0.3 is 0 Å². The first-order valence-corrected chi connectivity index (χ1v) is 12.1. The molecule has 2 aliphatic heterocycles. The summed E-state index contributed by atoms with van der Waals surface area (Å²) < 4.78 is 32.1. The third-order valence-electron chi connectivity index (χ3n) is 5.67. The molecule has 0 unspecified atom stereocenters. The molecule has 1 N–H and O–H groups in total. The topological polar surface area (TPSA) is 96.0 Å². The molecular weight excluding hydrogens is 406 g/mol. The smallest absolute Gasteiger partial charge is 0.240 e. The summed E-state index contributed by atoms with van der Waals surface area (Å²) in [5.74, 6) is -0.0426. The van der Waals surface area contributed by atoms with Crippen molar-refractivity contribution in [2.75, 3.05) is 44.8 Å². The van der Waals surface area contributed by atoms with E-state index in [2.05, 4.69) is 4.72 Å². The molecule has 1 aromatic carbocycles. The number of ether oxygens (including phenoxy) is 1. The molecule has 0 aromatic heterocycles. The van der Waals surface area contributed by atoms with E-state index in [1.54, 1.807) is 17.0 Å². The van der Waals surface area contributed by atoms with E-state index in [0.29, 0.717) is 19.6 Å². The second-order valence-electron chi connectivity index (χ2n) is 7.77. The fourth-order valence-electron chi connectivity index (χ4n) is 3.99. The van der Waals surface area contributed by atoms with E-state index >= 15 is 0 Å². The number of carbonyl (C=O) groups excluding carboxylic acids is 2. The molecule has 30 heavy (non-hydrogen) atoms. The summed E-state index contributed by atoms with van der Waals surface area (Å²) in [5.41, 5.74) is 1.56. The zero-order valence-electron chi connectivity index (χ0n) is 17.6. The van der Waals surface area contributed by atoms with Crippen LogP contribution in [-0.4, -0.2) is 65.0 Å². The maximum absolute atomic E-state index is 12.7. The van der Waals surface area contributed by atoms with Crippen molar-refractivity contribution in [3.8, 4) is 0 Å². The summed E-state index contributed by atoms with van der Waals surface area (Å²) >= 11 is 0. The molecule has 2 heterocycles. The van der Waals surface area contributed by atoms with Crippen LogP contribution in [0.25, 0.3) is 0 Å². The Hall–Kier alpha value is -1.97. The van der Waals surface area contributed by atoms with E-state index in [-0.39, 0.29) is 36.1 Å². The second-order valence-corrected chi connectivity index (χ2v) is 9.54. The number of fused-ring (bicyclic) bond motifs is 1. The van der Waals surface area contributed by atoms with Crippen LogP contribution >= 0.6 is 0 Å². The van der Waals surface area contributed by atoms with Gasteiger partial charge in [-0.3, -0.25) is 9.59 Å². The lowest BCUT2D eigenvalue weighted by molar-refractivity contribution is -0.133. The number of nitrogens with zero attached hydrogens (tertiary/aromatic N) is 2. The molecule has 0 spiro atoms. The van der Waals surface area contributed by atoms with Gasteiger partial charge in [-0.1, -0.05) is 12.8 Å². The van der Waals surface area contributed by atoms with Crippen molar-refractivity contribution in [1.82, 2.24) is 9.62 Å². The van der Waals surface area contributed by atoms with E-state index in [1.807, 2.05) is 4.90 Å². The third-order valence-corrected chi connectivity index (χ3v) is 7.13. The number of benzene rings is 1. The Balaban J connectivity index is 1.59. The van der Waals surface area contributed by atoms with Crippen LogP contribution in [0.1, 0.15) is 44.1 Å². The number of rotatable bonds is 8. The van der Waals surface area contributed by atoms with E-state index in [0.717, 1.165) is 50.0 Å². The predicted molar refractivity (Wildman–Crippen MR) is 114 cm³/mol. The predicted octanol–water partition coefficient (Wildman–Crippen LogP) is 1.68. The van der Waals surface area contributed by atoms with Crippen molar-refractivity contribution in [3.05, 3.63) is 23.8 Å². The quantitative estimate of drug-likeness (QED) is 0.625. The molecule has 8 nitrogen and oxygen atoms in total. The highest BCUT2D eigenvalue weighted by Crippen LogP contribution is 2.31. The Bertz CT molecular complexity index is 863. The van der Waals surface area contributed by atoms with Gasteiger partial charge in [-0.25, -0.2) is 13.1 Å². The molecule has 0 aliphatic carbocycles. The van der Waals surface area contributed by atoms with Crippen molar-refractivity contribution >= 4 is 27.5 Å². The SMILES string of the molecule is COCCNS(=O)(=O)c1ccc2c(c1)CCN2C(=O)CCC(=O)N1CCCCCC1. The molecule has 1 fully saturated rings. The van der Waals surface area contributed by atoms with Crippen LogP contribution in [0.4, 0.5) is 5.69 Å². The first kappa shape index (κ1) is 22.7. The maximum Gasteiger partial charge on any atom is 0.240 e. The maximum atomic E-state index is 12.7. The highest BCUT2D eigenvalue weighted by Gasteiger charge is 2.27. The van der Waals surface area contributed by atoms with Crippen molar-refractivity contribution in [2.45, 2.75) is 49.8 Å². The van der Waals surface area contributed by atoms with E-state index in [9.17, 15) is 18.0 Å². The summed E-state index contributed by atoms with van der Waals surface area (Å²) in [6.07, 6.45) is 5.38. The summed E-state index contributed by atoms with van der Waals surface area (Å²) in [4.78, 5) is 28.9. The van der Waals surface area contributed by atoms with Gasteiger partial charge in [-0.15, -0.1) is 0 Å². The number of carbonyl (C=O) groups is 2. The van der Waals surface area contributed by atoms with Gasteiger partial charge in [0.25, 0.3) is 0 Å². The summed E-state index contributed by atoms with van der Waals surface area (Å²) in [5, 5.41) is 0. The van der Waals surface area contributed by atoms with E-state index in [4.69, 9.17) is 4.74 Å². The van der Waals surface area contributed by atoms with Gasteiger partial charge in [0.05, 0.1) is 11.5 Å². The molecule has 2 aliphatic rings. The highest BCUT2D eigenvalue weighted by molar-refractivity contribution is 7.89. The van der Waals surface area contributed by atoms with Crippen molar-refractivity contribution in [3.63, 3.8) is 0 Å². The van der Waals surface area contributed by atoms with Crippen LogP contribution in [0.5, 0.6) is 0 Å². The monoisotopic (exact) mass is 437 g/mol. The summed E-state index contributed by atoms with van der Waals surface area (Å²) in [7, 11) is -2.10. The minimum absolute atomic E-state index is 0.0493. The summed E-state index contributed by atoms with van der Waals surface area (Å²) in [6.45, 7) is 2.57. The van der Waals surface area contributed by atoms with E-state index < -0.39 is 10.0 Å². The molecule has 0 radical (unpaired) electrons. The van der Waals surface area contributed by atoms with Crippen molar-refractivity contribution < 1.29 is 22.7 Å². The molecule has 0 atom stereocenters. The Labute approximate surface area is 178 Å². The average Bonchev–Trinajstić information content (AvgIpc) is 2.96. The van der Waals surface area contributed by atoms with Crippen molar-refractivity contribution in [2.24, 2.45) is 0 Å². The van der Waals surface area contributed by atoms with Crippen LogP contribution in [0.2, 0.25) is 0 Å². The Morgan fingerprint density at radius 1 is 1.03 bits per heavy atom. The van der Waals surface area contributed by atoms with Crippen LogP contribution in [0.15, 0.2) is 23.1 Å². The lowest BCUT2D eigenvalue weighted by Gasteiger charge is -2.21. The molecule has 1 aromatic rings. The van der Waals surface area contributed by atoms with Gasteiger partial charge < -0.3 is 14.5 Å². The van der Waals surface area contributed by atoms with Crippen molar-refractivity contribution in [1.29, 1.82) is 0 Å². The first-order chi connectivity index (χ1) is 14.4. The average molecular weight is 438 g/mol. The lowest BCUT2D eigenvalue weighted by Crippen LogP contribution is -2.34. The molecule has 2 amide bonds. The van der Waals surface area contributed by atoms with Crippen LogP contribution < -0.4 is 9.62 Å². The number of methoxy groups -OCH3 is 1. The van der Waals surface area contributed by atoms with Gasteiger partial charge in [0.2, 0.25) is 21.8 Å². The first-order valence-electron chi connectivity index (χ1n) is 10.6. The normalized spacial score (nSPS) is 17.0.